The normalized spacial score (nSPS) is 3.38. The molecule has 0 aliphatic carbocycles. The van der Waals surface area contributed by atoms with Gasteiger partial charge in [-0.25, -0.2) is 0 Å². The van der Waals surface area contributed by atoms with Crippen LogP contribution in [0.25, 0.3) is 0 Å². The zero-order valence-electron chi connectivity index (χ0n) is 4.81. The van der Waals surface area contributed by atoms with Gasteiger partial charge in [-0.15, -0.1) is 0 Å². The van der Waals surface area contributed by atoms with E-state index in [-0.39, 0.29) is 70.1 Å². The first kappa shape index (κ1) is 32.8. The molecule has 0 radical (unpaired) electrons. The van der Waals surface area contributed by atoms with Crippen LogP contribution in [-0.4, -0.2) is 33.3 Å². The SMILES string of the molecule is OB(O)O.[Na+].[Na+].[OH-].[OH-]. The van der Waals surface area contributed by atoms with Gasteiger partial charge in [0.15, 0.2) is 0 Å². The van der Waals surface area contributed by atoms with E-state index in [9.17, 15) is 0 Å². The van der Waals surface area contributed by atoms with Crippen LogP contribution < -0.4 is 59.1 Å². The maximum absolute atomic E-state index is 7.17. The maximum Gasteiger partial charge on any atom is 1.00 e. The fourth-order valence-corrected chi connectivity index (χ4v) is 0. The van der Waals surface area contributed by atoms with Crippen LogP contribution in [0, 0.1) is 0 Å². The number of hydrogen-bond donors (Lipinski definition) is 3. The Morgan fingerprint density at radius 3 is 0.750 bits per heavy atom. The van der Waals surface area contributed by atoms with Crippen LogP contribution in [0.5, 0.6) is 0 Å². The maximum atomic E-state index is 7.17. The molecule has 5 nitrogen and oxygen atoms in total. The van der Waals surface area contributed by atoms with Crippen molar-refractivity contribution in [1.82, 2.24) is 0 Å². The van der Waals surface area contributed by atoms with Crippen LogP contribution in [0.1, 0.15) is 0 Å². The third-order valence-electron chi connectivity index (χ3n) is 0. The summed E-state index contributed by atoms with van der Waals surface area (Å²) in [7, 11) is -2.17. The molecule has 0 aromatic rings. The van der Waals surface area contributed by atoms with Gasteiger partial charge in [-0.1, -0.05) is 0 Å². The fourth-order valence-electron chi connectivity index (χ4n) is 0. The molecule has 40 valence electrons. The van der Waals surface area contributed by atoms with Crippen LogP contribution in [0.2, 0.25) is 0 Å². The van der Waals surface area contributed by atoms with E-state index in [1.54, 1.807) is 0 Å². The van der Waals surface area contributed by atoms with Crippen LogP contribution in [-0.2, 0) is 0 Å². The topological polar surface area (TPSA) is 121 Å². The Morgan fingerprint density at radius 1 is 0.750 bits per heavy atom. The minimum atomic E-state index is -2.17. The van der Waals surface area contributed by atoms with E-state index in [0.717, 1.165) is 0 Å². The smallest absolute Gasteiger partial charge is 0.870 e. The van der Waals surface area contributed by atoms with Gasteiger partial charge >= 0.3 is 66.4 Å². The Bertz CT molecular complexity index is 15.1. The second kappa shape index (κ2) is 23.2. The van der Waals surface area contributed by atoms with E-state index >= 15 is 0 Å². The van der Waals surface area contributed by atoms with E-state index in [4.69, 9.17) is 15.1 Å². The summed E-state index contributed by atoms with van der Waals surface area (Å²) in [5, 5.41) is 21.5. The molecule has 8 heavy (non-hydrogen) atoms. The Balaban J connectivity index is -0.00000000750. The Kier molecular flexibility index (Phi) is 94.9. The molecule has 0 rings (SSSR count). The van der Waals surface area contributed by atoms with Gasteiger partial charge in [0.2, 0.25) is 0 Å². The van der Waals surface area contributed by atoms with Crippen molar-refractivity contribution >= 4 is 7.32 Å². The molecule has 0 amide bonds. The Labute approximate surface area is 91.5 Å². The zero-order valence-corrected chi connectivity index (χ0v) is 8.81. The Hall–Kier alpha value is 1.86. The Morgan fingerprint density at radius 2 is 0.750 bits per heavy atom. The van der Waals surface area contributed by atoms with E-state index in [2.05, 4.69) is 0 Å². The summed E-state index contributed by atoms with van der Waals surface area (Å²) in [6, 6.07) is 0. The quantitative estimate of drug-likeness (QED) is 0.290. The summed E-state index contributed by atoms with van der Waals surface area (Å²) < 4.78 is 0. The van der Waals surface area contributed by atoms with E-state index in [1.165, 1.54) is 0 Å². The van der Waals surface area contributed by atoms with Crippen LogP contribution in [0.3, 0.4) is 0 Å². The van der Waals surface area contributed by atoms with Gasteiger partial charge < -0.3 is 26.0 Å². The summed E-state index contributed by atoms with van der Waals surface area (Å²) in [5.74, 6) is 0. The standard InChI is InChI=1S/BH3O3.2Na.2H2O/c2-1(3)4;;;;/h2-4H;;;2*1H2/q;2*+1;;/p-2. The summed E-state index contributed by atoms with van der Waals surface area (Å²) >= 11 is 0. The predicted octanol–water partition coefficient (Wildman–Crippen LogP) is -8.40. The molecule has 0 aliphatic heterocycles. The van der Waals surface area contributed by atoms with E-state index in [1.807, 2.05) is 0 Å². The molecule has 0 aromatic carbocycles. The second-order valence-corrected chi connectivity index (χ2v) is 0.346. The van der Waals surface area contributed by atoms with Crippen LogP contribution >= 0.6 is 0 Å². The van der Waals surface area contributed by atoms with Crippen molar-refractivity contribution in [3.63, 3.8) is 0 Å². The minimum Gasteiger partial charge on any atom is -0.870 e. The molecule has 0 fully saturated rings. The molecule has 0 saturated heterocycles. The number of hydrogen-bond acceptors (Lipinski definition) is 5. The predicted molar refractivity (Wildman–Crippen MR) is 16.3 cm³/mol. The molecule has 0 heterocycles. The van der Waals surface area contributed by atoms with Crippen LogP contribution in [0.15, 0.2) is 0 Å². The van der Waals surface area contributed by atoms with E-state index in [0.29, 0.717) is 0 Å². The molecule has 0 atom stereocenters. The molecule has 8 heteroatoms. The van der Waals surface area contributed by atoms with Gasteiger partial charge in [-0.2, -0.15) is 0 Å². The van der Waals surface area contributed by atoms with Crippen molar-refractivity contribution in [1.29, 1.82) is 0 Å². The van der Waals surface area contributed by atoms with Crippen LogP contribution in [0.4, 0.5) is 0 Å². The summed E-state index contributed by atoms with van der Waals surface area (Å²) in [6.07, 6.45) is 0. The van der Waals surface area contributed by atoms with Crippen molar-refractivity contribution in [2.45, 2.75) is 0 Å². The van der Waals surface area contributed by atoms with Gasteiger partial charge in [-0.05, 0) is 0 Å². The molecule has 5 N–H and O–H groups in total. The van der Waals surface area contributed by atoms with E-state index < -0.39 is 7.32 Å². The molecular weight excluding hydrogens is 137 g/mol. The van der Waals surface area contributed by atoms with Crippen molar-refractivity contribution in [2.75, 3.05) is 0 Å². The van der Waals surface area contributed by atoms with Crippen molar-refractivity contribution < 1.29 is 85.1 Å². The van der Waals surface area contributed by atoms with Gasteiger partial charge in [0.05, 0.1) is 0 Å². The fraction of sp³-hybridized carbons (Fsp3) is 0. The number of rotatable bonds is 0. The van der Waals surface area contributed by atoms with Gasteiger partial charge in [0, 0.05) is 0 Å². The monoisotopic (exact) mass is 142 g/mol. The van der Waals surface area contributed by atoms with Crippen molar-refractivity contribution in [3.8, 4) is 0 Å². The molecule has 0 bridgehead atoms. The average molecular weight is 142 g/mol. The van der Waals surface area contributed by atoms with Crippen molar-refractivity contribution in [2.24, 2.45) is 0 Å². The minimum absolute atomic E-state index is 0. The molecule has 0 aromatic heterocycles. The second-order valence-electron chi connectivity index (χ2n) is 0.346. The third kappa shape index (κ3) is 107. The molecule has 0 saturated carbocycles. The summed E-state index contributed by atoms with van der Waals surface area (Å²) in [5.41, 5.74) is 0. The zero-order chi connectivity index (χ0) is 3.58. The van der Waals surface area contributed by atoms with Gasteiger partial charge in [0.1, 0.15) is 0 Å². The van der Waals surface area contributed by atoms with Gasteiger partial charge in [0.25, 0.3) is 0 Å². The molecular formula is H5BNa2O5. The first-order chi connectivity index (χ1) is 1.73. The summed E-state index contributed by atoms with van der Waals surface area (Å²) in [4.78, 5) is 0. The first-order valence-electron chi connectivity index (χ1n) is 0.775. The first-order valence-corrected chi connectivity index (χ1v) is 0.775. The van der Waals surface area contributed by atoms with Gasteiger partial charge in [-0.3, -0.25) is 0 Å². The summed E-state index contributed by atoms with van der Waals surface area (Å²) in [6.45, 7) is 0. The molecule has 0 unspecified atom stereocenters. The molecule has 0 spiro atoms. The third-order valence-corrected chi connectivity index (χ3v) is 0. The largest absolute Gasteiger partial charge is 1.00 e. The average Bonchev–Trinajstić information content (AvgIpc) is 0.811. The molecule has 0 aliphatic rings. The van der Waals surface area contributed by atoms with Crippen molar-refractivity contribution in [3.05, 3.63) is 0 Å².